The van der Waals surface area contributed by atoms with Crippen LogP contribution in [0.25, 0.3) is 0 Å². The Labute approximate surface area is 90.6 Å². The van der Waals surface area contributed by atoms with Gasteiger partial charge in [0.2, 0.25) is 0 Å². The zero-order chi connectivity index (χ0) is 10.1. The van der Waals surface area contributed by atoms with Crippen LogP contribution in [-0.2, 0) is 0 Å². The lowest BCUT2D eigenvalue weighted by Gasteiger charge is -2.09. The van der Waals surface area contributed by atoms with E-state index in [2.05, 4.69) is 25.6 Å². The quantitative estimate of drug-likeness (QED) is 0.689. The van der Waals surface area contributed by atoms with Gasteiger partial charge < -0.3 is 0 Å². The molecule has 1 aromatic carbocycles. The summed E-state index contributed by atoms with van der Waals surface area (Å²) in [4.78, 5) is 0. The molecule has 0 saturated heterocycles. The van der Waals surface area contributed by atoms with Crippen LogP contribution in [0.3, 0.4) is 0 Å². The van der Waals surface area contributed by atoms with Crippen molar-refractivity contribution in [2.45, 2.75) is 25.7 Å². The van der Waals surface area contributed by atoms with E-state index in [1.54, 1.807) is 0 Å². The molecule has 0 amide bonds. The first-order valence-electron chi connectivity index (χ1n) is 4.98. The molecule has 0 aliphatic heterocycles. The molecule has 14 heavy (non-hydrogen) atoms. The maximum atomic E-state index is 6.14. The fraction of sp³-hybridized carbons (Fsp3) is 0.308. The largest absolute Gasteiger partial charge is 0.102 e. The Morgan fingerprint density at radius 2 is 2.21 bits per heavy atom. The van der Waals surface area contributed by atoms with Gasteiger partial charge in [0.1, 0.15) is 0 Å². The topological polar surface area (TPSA) is 0 Å². The summed E-state index contributed by atoms with van der Waals surface area (Å²) < 4.78 is 0. The summed E-state index contributed by atoms with van der Waals surface area (Å²) in [7, 11) is 0. The lowest BCUT2D eigenvalue weighted by atomic mass is 9.98. The molecule has 1 heteroatoms. The minimum absolute atomic E-state index is 0.708. The Balaban J connectivity index is 2.34. The highest BCUT2D eigenvalue weighted by Gasteiger charge is 2.26. The first-order chi connectivity index (χ1) is 6.72. The molecule has 0 bridgehead atoms. The van der Waals surface area contributed by atoms with E-state index < -0.39 is 0 Å². The van der Waals surface area contributed by atoms with Crippen molar-refractivity contribution in [3.05, 3.63) is 52.9 Å². The highest BCUT2D eigenvalue weighted by molar-refractivity contribution is 6.31. The van der Waals surface area contributed by atoms with Crippen molar-refractivity contribution in [3.63, 3.8) is 0 Å². The molecule has 0 spiro atoms. The van der Waals surface area contributed by atoms with Crippen LogP contribution in [0.5, 0.6) is 0 Å². The fourth-order valence-electron chi connectivity index (χ4n) is 1.61. The van der Waals surface area contributed by atoms with Crippen molar-refractivity contribution in [3.8, 4) is 0 Å². The van der Waals surface area contributed by atoms with Gasteiger partial charge in [0.15, 0.2) is 0 Å². The Morgan fingerprint density at radius 1 is 1.50 bits per heavy atom. The van der Waals surface area contributed by atoms with Crippen molar-refractivity contribution >= 4 is 11.6 Å². The number of hydrogen-bond donors (Lipinski definition) is 0. The van der Waals surface area contributed by atoms with Crippen LogP contribution in [0, 0.1) is 5.92 Å². The highest BCUT2D eigenvalue weighted by atomic mass is 35.5. The smallest absolute Gasteiger partial charge is 0.0441 e. The second-order valence-electron chi connectivity index (χ2n) is 3.90. The first-order valence-corrected chi connectivity index (χ1v) is 5.36. The summed E-state index contributed by atoms with van der Waals surface area (Å²) >= 11 is 6.14. The van der Waals surface area contributed by atoms with Gasteiger partial charge in [-0.25, -0.2) is 0 Å². The van der Waals surface area contributed by atoms with Gasteiger partial charge in [0, 0.05) is 10.9 Å². The maximum Gasteiger partial charge on any atom is 0.0441 e. The Kier molecular flexibility index (Phi) is 2.64. The van der Waals surface area contributed by atoms with Crippen LogP contribution in [0.15, 0.2) is 30.9 Å². The Hall–Kier alpha value is -0.750. The predicted molar refractivity (Wildman–Crippen MR) is 61.6 cm³/mol. The number of benzene rings is 1. The normalized spacial score (nSPS) is 15.9. The third-order valence-corrected chi connectivity index (χ3v) is 3.12. The maximum absolute atomic E-state index is 6.14. The van der Waals surface area contributed by atoms with Gasteiger partial charge in [0.25, 0.3) is 0 Å². The minimum atomic E-state index is 0.708. The van der Waals surface area contributed by atoms with Gasteiger partial charge in [-0.05, 0) is 36.0 Å². The van der Waals surface area contributed by atoms with E-state index in [4.69, 9.17) is 11.6 Å². The number of hydrogen-bond acceptors (Lipinski definition) is 0. The molecule has 0 heterocycles. The Morgan fingerprint density at radius 3 is 2.79 bits per heavy atom. The molecule has 1 radical (unpaired) electrons. The monoisotopic (exact) mass is 205 g/mol. The standard InChI is InChI=1S/C13H14Cl/c1-3-9(2)11-6-7-13(14)12(8-11)10-4-5-10/h3,6-8,10H,1,4-5H2,2H3. The molecule has 1 aliphatic carbocycles. The van der Waals surface area contributed by atoms with E-state index in [1.807, 2.05) is 12.1 Å². The zero-order valence-corrected chi connectivity index (χ0v) is 9.14. The molecule has 2 rings (SSSR count). The van der Waals surface area contributed by atoms with Gasteiger partial charge in [-0.1, -0.05) is 36.7 Å². The van der Waals surface area contributed by atoms with Crippen LogP contribution in [0.2, 0.25) is 5.02 Å². The van der Waals surface area contributed by atoms with E-state index in [9.17, 15) is 0 Å². The third-order valence-electron chi connectivity index (χ3n) is 2.77. The number of rotatable bonds is 3. The van der Waals surface area contributed by atoms with E-state index in [0.29, 0.717) is 5.92 Å². The van der Waals surface area contributed by atoms with Gasteiger partial charge in [-0.3, -0.25) is 0 Å². The van der Waals surface area contributed by atoms with Gasteiger partial charge in [-0.15, -0.1) is 6.58 Å². The summed E-state index contributed by atoms with van der Waals surface area (Å²) in [5.41, 5.74) is 2.55. The molecule has 0 N–H and O–H groups in total. The number of halogens is 1. The summed E-state index contributed by atoms with van der Waals surface area (Å²) in [5.74, 6) is 1.92. The second-order valence-corrected chi connectivity index (χ2v) is 4.30. The summed E-state index contributed by atoms with van der Waals surface area (Å²) in [6.07, 6.45) is 4.46. The number of allylic oxidation sites excluding steroid dienone is 1. The lowest BCUT2D eigenvalue weighted by Crippen LogP contribution is -1.92. The summed E-state index contributed by atoms with van der Waals surface area (Å²) in [6, 6.07) is 6.26. The van der Waals surface area contributed by atoms with E-state index in [1.165, 1.54) is 29.9 Å². The zero-order valence-electron chi connectivity index (χ0n) is 8.39. The van der Waals surface area contributed by atoms with Crippen molar-refractivity contribution in [2.24, 2.45) is 0 Å². The van der Waals surface area contributed by atoms with E-state index in [0.717, 1.165) is 5.02 Å². The molecule has 1 aromatic rings. The predicted octanol–water partition coefficient (Wildman–Crippen LogP) is 4.35. The second kappa shape index (κ2) is 3.78. The summed E-state index contributed by atoms with van der Waals surface area (Å²) in [6.45, 7) is 5.86. The fourth-order valence-corrected chi connectivity index (χ4v) is 1.89. The Bertz CT molecular complexity index is 350. The van der Waals surface area contributed by atoms with Gasteiger partial charge in [0.05, 0.1) is 0 Å². The molecule has 0 atom stereocenters. The van der Waals surface area contributed by atoms with Crippen LogP contribution in [-0.4, -0.2) is 0 Å². The van der Waals surface area contributed by atoms with Crippen molar-refractivity contribution < 1.29 is 0 Å². The SMILES string of the molecule is C=C[C](C)c1ccc(Cl)c(C2CC2)c1. The average Bonchev–Trinajstić information content (AvgIpc) is 3.01. The lowest BCUT2D eigenvalue weighted by molar-refractivity contribution is 1.11. The van der Waals surface area contributed by atoms with Crippen molar-refractivity contribution in [1.82, 2.24) is 0 Å². The van der Waals surface area contributed by atoms with Crippen LogP contribution < -0.4 is 0 Å². The van der Waals surface area contributed by atoms with Crippen molar-refractivity contribution in [1.29, 1.82) is 0 Å². The molecule has 0 unspecified atom stereocenters. The third kappa shape index (κ3) is 1.85. The first kappa shape index (κ1) is 9.79. The van der Waals surface area contributed by atoms with E-state index in [-0.39, 0.29) is 0 Å². The molecule has 1 aliphatic rings. The molecule has 0 nitrogen and oxygen atoms in total. The van der Waals surface area contributed by atoms with Crippen molar-refractivity contribution in [2.75, 3.05) is 0 Å². The minimum Gasteiger partial charge on any atom is -0.102 e. The average molecular weight is 206 g/mol. The molecular formula is C13H14Cl. The van der Waals surface area contributed by atoms with Crippen LogP contribution in [0.4, 0.5) is 0 Å². The molecule has 1 saturated carbocycles. The molecular weight excluding hydrogens is 192 g/mol. The molecule has 1 fully saturated rings. The van der Waals surface area contributed by atoms with Gasteiger partial charge >= 0.3 is 0 Å². The molecule has 73 valence electrons. The summed E-state index contributed by atoms with van der Waals surface area (Å²) in [5, 5.41) is 0.910. The highest BCUT2D eigenvalue weighted by Crippen LogP contribution is 2.43. The van der Waals surface area contributed by atoms with Crippen LogP contribution >= 0.6 is 11.6 Å². The molecule has 0 aromatic heterocycles. The van der Waals surface area contributed by atoms with Gasteiger partial charge in [-0.2, -0.15) is 0 Å². The van der Waals surface area contributed by atoms with E-state index >= 15 is 0 Å². The van der Waals surface area contributed by atoms with Crippen LogP contribution in [0.1, 0.15) is 36.8 Å².